The summed E-state index contributed by atoms with van der Waals surface area (Å²) in [7, 11) is 0. The van der Waals surface area contributed by atoms with Crippen molar-refractivity contribution < 1.29 is 0 Å². The SMILES string of the molecule is c1ccc(-c2ccc(-c3nc(-c4ccc5ccccc5c4)nc(-n4c5ccccc5c5ccc6c7ccccc7n(-c7ccccc7-c7ccccc7)c6c54)n3)cc2)cc1. The zero-order valence-electron chi connectivity index (χ0n) is 32.4. The van der Waals surface area contributed by atoms with Gasteiger partial charge in [-0.05, 0) is 51.7 Å². The normalized spacial score (nSPS) is 11.7. The van der Waals surface area contributed by atoms with E-state index < -0.39 is 0 Å². The van der Waals surface area contributed by atoms with E-state index in [1.807, 2.05) is 6.07 Å². The number of benzene rings is 9. The summed E-state index contributed by atoms with van der Waals surface area (Å²) < 4.78 is 4.71. The maximum atomic E-state index is 5.40. The molecule has 3 heterocycles. The molecule has 12 aromatic rings. The molecule has 0 aliphatic rings. The first kappa shape index (κ1) is 33.9. The van der Waals surface area contributed by atoms with Gasteiger partial charge in [0, 0.05) is 38.2 Å². The van der Waals surface area contributed by atoms with E-state index in [0.717, 1.165) is 82.7 Å². The van der Waals surface area contributed by atoms with Crippen molar-refractivity contribution >= 4 is 54.4 Å². The van der Waals surface area contributed by atoms with Crippen LogP contribution in [0.4, 0.5) is 0 Å². The molecule has 60 heavy (non-hydrogen) atoms. The van der Waals surface area contributed by atoms with Crippen LogP contribution in [0.1, 0.15) is 0 Å². The van der Waals surface area contributed by atoms with Crippen molar-refractivity contribution in [1.82, 2.24) is 24.1 Å². The third-order valence-electron chi connectivity index (χ3n) is 11.8. The molecule has 0 unspecified atom stereocenters. The average Bonchev–Trinajstić information content (AvgIpc) is 3.85. The standard InChI is InChI=1S/C55H35N5/c1-3-15-36(16-4-1)38-27-30-40(31-28-38)53-56-54(42-32-29-37-17-7-8-20-41(37)35-42)58-55(57-53)60-50-26-14-11-23-45(50)47-34-33-46-44-22-10-13-25-49(44)59(51(46)52(47)60)48-24-12-9-21-43(48)39-18-5-2-6-19-39/h1-35H. The van der Waals surface area contributed by atoms with Gasteiger partial charge in [0.05, 0.1) is 27.8 Å². The minimum Gasteiger partial charge on any atom is -0.307 e. The molecule has 0 saturated heterocycles. The van der Waals surface area contributed by atoms with Gasteiger partial charge in [-0.3, -0.25) is 4.57 Å². The fourth-order valence-electron chi connectivity index (χ4n) is 8.98. The van der Waals surface area contributed by atoms with E-state index in [2.05, 4.69) is 215 Å². The fourth-order valence-corrected chi connectivity index (χ4v) is 8.98. The largest absolute Gasteiger partial charge is 0.307 e. The molecule has 0 spiro atoms. The molecular formula is C55H35N5. The number of nitrogens with zero attached hydrogens (tertiary/aromatic N) is 5. The summed E-state index contributed by atoms with van der Waals surface area (Å²) in [5.74, 6) is 1.78. The van der Waals surface area contributed by atoms with E-state index in [0.29, 0.717) is 17.6 Å². The summed E-state index contributed by atoms with van der Waals surface area (Å²) in [6.45, 7) is 0. The van der Waals surface area contributed by atoms with E-state index in [4.69, 9.17) is 15.0 Å². The van der Waals surface area contributed by atoms with Crippen LogP contribution in [-0.4, -0.2) is 24.1 Å². The van der Waals surface area contributed by atoms with Crippen LogP contribution < -0.4 is 0 Å². The Bertz CT molecular complexity index is 3580. The number of aromatic nitrogens is 5. The van der Waals surface area contributed by atoms with Gasteiger partial charge in [0.15, 0.2) is 11.6 Å². The topological polar surface area (TPSA) is 48.5 Å². The second-order valence-corrected chi connectivity index (χ2v) is 15.2. The average molecular weight is 766 g/mol. The van der Waals surface area contributed by atoms with Crippen LogP contribution in [0.5, 0.6) is 0 Å². The van der Waals surface area contributed by atoms with Crippen molar-refractivity contribution in [3.63, 3.8) is 0 Å². The van der Waals surface area contributed by atoms with E-state index in [-0.39, 0.29) is 0 Å². The molecule has 0 bridgehead atoms. The minimum atomic E-state index is 0.558. The van der Waals surface area contributed by atoms with Crippen molar-refractivity contribution in [3.8, 4) is 56.7 Å². The fraction of sp³-hybridized carbons (Fsp3) is 0. The molecule has 5 heteroatoms. The maximum absolute atomic E-state index is 5.40. The van der Waals surface area contributed by atoms with Crippen LogP contribution in [0.3, 0.4) is 0 Å². The van der Waals surface area contributed by atoms with Gasteiger partial charge in [-0.25, -0.2) is 4.98 Å². The molecule has 0 saturated carbocycles. The number of hydrogen-bond acceptors (Lipinski definition) is 3. The minimum absolute atomic E-state index is 0.558. The molecule has 0 fully saturated rings. The van der Waals surface area contributed by atoms with Crippen LogP contribution >= 0.6 is 0 Å². The first-order valence-electron chi connectivity index (χ1n) is 20.3. The van der Waals surface area contributed by atoms with Crippen LogP contribution in [-0.2, 0) is 0 Å². The molecule has 280 valence electrons. The molecule has 5 nitrogen and oxygen atoms in total. The highest BCUT2D eigenvalue weighted by Gasteiger charge is 2.24. The molecule has 3 aromatic heterocycles. The second kappa shape index (κ2) is 13.8. The van der Waals surface area contributed by atoms with Crippen LogP contribution in [0.25, 0.3) is 111 Å². The Labute approximate surface area is 346 Å². The molecular weight excluding hydrogens is 731 g/mol. The van der Waals surface area contributed by atoms with Crippen LogP contribution in [0, 0.1) is 0 Å². The quantitative estimate of drug-likeness (QED) is 0.169. The number of rotatable bonds is 6. The van der Waals surface area contributed by atoms with Crippen molar-refractivity contribution in [3.05, 3.63) is 212 Å². The summed E-state index contributed by atoms with van der Waals surface area (Å²) >= 11 is 0. The predicted octanol–water partition coefficient (Wildman–Crippen LogP) is 13.9. The van der Waals surface area contributed by atoms with Gasteiger partial charge in [-0.15, -0.1) is 0 Å². The highest BCUT2D eigenvalue weighted by atomic mass is 15.2. The van der Waals surface area contributed by atoms with Crippen molar-refractivity contribution in [1.29, 1.82) is 0 Å². The van der Waals surface area contributed by atoms with Gasteiger partial charge < -0.3 is 4.57 Å². The van der Waals surface area contributed by atoms with Crippen LogP contribution in [0.15, 0.2) is 212 Å². The third kappa shape index (κ3) is 5.44. The lowest BCUT2D eigenvalue weighted by molar-refractivity contribution is 0.953. The maximum Gasteiger partial charge on any atom is 0.238 e. The second-order valence-electron chi connectivity index (χ2n) is 15.2. The van der Waals surface area contributed by atoms with Crippen molar-refractivity contribution in [2.45, 2.75) is 0 Å². The monoisotopic (exact) mass is 765 g/mol. The first-order valence-corrected chi connectivity index (χ1v) is 20.3. The zero-order valence-corrected chi connectivity index (χ0v) is 32.4. The number of hydrogen-bond donors (Lipinski definition) is 0. The summed E-state index contributed by atoms with van der Waals surface area (Å²) in [6.07, 6.45) is 0. The molecule has 9 aromatic carbocycles. The Kier molecular flexibility index (Phi) is 7.78. The number of para-hydroxylation sites is 3. The molecule has 0 aliphatic carbocycles. The van der Waals surface area contributed by atoms with Crippen molar-refractivity contribution in [2.24, 2.45) is 0 Å². The lowest BCUT2D eigenvalue weighted by atomic mass is 10.0. The Morgan fingerprint density at radius 3 is 1.52 bits per heavy atom. The Hall–Kier alpha value is -8.15. The third-order valence-corrected chi connectivity index (χ3v) is 11.8. The van der Waals surface area contributed by atoms with Gasteiger partial charge in [0.1, 0.15) is 0 Å². The summed E-state index contributed by atoms with van der Waals surface area (Å²) in [5.41, 5.74) is 11.8. The van der Waals surface area contributed by atoms with Gasteiger partial charge >= 0.3 is 0 Å². The van der Waals surface area contributed by atoms with E-state index in [1.54, 1.807) is 0 Å². The number of fused-ring (bicyclic) bond motifs is 8. The summed E-state index contributed by atoms with van der Waals surface area (Å²) in [5, 5.41) is 6.89. The molecule has 0 radical (unpaired) electrons. The summed E-state index contributed by atoms with van der Waals surface area (Å²) in [6, 6.07) is 75.1. The lowest BCUT2D eigenvalue weighted by Crippen LogP contribution is -2.07. The Balaban J connectivity index is 1.18. The van der Waals surface area contributed by atoms with Gasteiger partial charge in [0.2, 0.25) is 5.95 Å². The first-order chi connectivity index (χ1) is 29.8. The van der Waals surface area contributed by atoms with E-state index >= 15 is 0 Å². The lowest BCUT2D eigenvalue weighted by Gasteiger charge is -2.16. The van der Waals surface area contributed by atoms with Gasteiger partial charge in [-0.2, -0.15) is 9.97 Å². The highest BCUT2D eigenvalue weighted by molar-refractivity contribution is 6.24. The Morgan fingerprint density at radius 1 is 0.300 bits per heavy atom. The molecule has 0 amide bonds. The van der Waals surface area contributed by atoms with Crippen molar-refractivity contribution in [2.75, 3.05) is 0 Å². The van der Waals surface area contributed by atoms with E-state index in [9.17, 15) is 0 Å². The van der Waals surface area contributed by atoms with E-state index in [1.165, 1.54) is 10.8 Å². The molecule has 0 aliphatic heterocycles. The zero-order chi connectivity index (χ0) is 39.6. The smallest absolute Gasteiger partial charge is 0.238 e. The highest BCUT2D eigenvalue weighted by Crippen LogP contribution is 2.43. The van der Waals surface area contributed by atoms with Crippen LogP contribution in [0.2, 0.25) is 0 Å². The Morgan fingerprint density at radius 2 is 0.800 bits per heavy atom. The molecule has 12 rings (SSSR count). The molecule has 0 N–H and O–H groups in total. The summed E-state index contributed by atoms with van der Waals surface area (Å²) in [4.78, 5) is 16.0. The van der Waals surface area contributed by atoms with Gasteiger partial charge in [0.25, 0.3) is 0 Å². The van der Waals surface area contributed by atoms with Gasteiger partial charge in [-0.1, -0.05) is 188 Å². The predicted molar refractivity (Wildman–Crippen MR) is 248 cm³/mol. The molecule has 0 atom stereocenters.